The molecule has 0 fully saturated rings. The Hall–Kier alpha value is -2.61. The van der Waals surface area contributed by atoms with Gasteiger partial charge in [0.05, 0.1) is 5.39 Å². The predicted octanol–water partition coefficient (Wildman–Crippen LogP) is 3.93. The molecule has 2 N–H and O–H groups in total. The van der Waals surface area contributed by atoms with E-state index in [1.54, 1.807) is 19.1 Å². The van der Waals surface area contributed by atoms with E-state index in [1.807, 2.05) is 0 Å². The van der Waals surface area contributed by atoms with E-state index in [-0.39, 0.29) is 26.8 Å². The molecule has 8 heteroatoms. The molecule has 3 aromatic rings. The monoisotopic (exact) mass is 406 g/mol. The van der Waals surface area contributed by atoms with E-state index in [2.05, 4.69) is 42.8 Å². The molecule has 128 valence electrons. The lowest BCUT2D eigenvalue weighted by atomic mass is 10.00. The van der Waals surface area contributed by atoms with Crippen LogP contribution in [0, 0.1) is 18.7 Å². The Morgan fingerprint density at radius 3 is 2.80 bits per heavy atom. The van der Waals surface area contributed by atoms with Crippen LogP contribution >= 0.6 is 15.9 Å². The molecule has 1 aromatic carbocycles. The molecule has 0 atom stereocenters. The molecule has 0 saturated carbocycles. The van der Waals surface area contributed by atoms with Crippen molar-refractivity contribution in [2.24, 2.45) is 0 Å². The quantitative estimate of drug-likeness (QED) is 0.643. The zero-order valence-electron chi connectivity index (χ0n) is 13.2. The number of aromatic nitrogens is 3. The van der Waals surface area contributed by atoms with Crippen LogP contribution in [0.25, 0.3) is 22.0 Å². The van der Waals surface area contributed by atoms with Gasteiger partial charge in [-0.1, -0.05) is 6.08 Å². The van der Waals surface area contributed by atoms with Gasteiger partial charge in [-0.2, -0.15) is 9.37 Å². The number of nitrogens with zero attached hydrogens (tertiary/aromatic N) is 2. The van der Waals surface area contributed by atoms with Crippen LogP contribution in [0.4, 0.5) is 14.6 Å². The minimum Gasteiger partial charge on any atom is -0.365 e. The van der Waals surface area contributed by atoms with E-state index in [1.165, 1.54) is 6.07 Å². The second kappa shape index (κ2) is 6.72. The van der Waals surface area contributed by atoms with Gasteiger partial charge in [-0.15, -0.1) is 6.58 Å². The van der Waals surface area contributed by atoms with Crippen LogP contribution in [-0.2, 0) is 0 Å². The minimum atomic E-state index is -0.767. The third-order valence-electron chi connectivity index (χ3n) is 3.68. The van der Waals surface area contributed by atoms with E-state index in [9.17, 15) is 13.6 Å². The molecular formula is C17H13BrF2N4O. The van der Waals surface area contributed by atoms with Gasteiger partial charge in [0.15, 0.2) is 10.4 Å². The van der Waals surface area contributed by atoms with Crippen LogP contribution in [0.3, 0.4) is 0 Å². The van der Waals surface area contributed by atoms with Gasteiger partial charge in [0.1, 0.15) is 11.5 Å². The van der Waals surface area contributed by atoms with Crippen molar-refractivity contribution < 1.29 is 8.78 Å². The maximum absolute atomic E-state index is 14.1. The molecule has 0 amide bonds. The number of pyridine rings is 1. The van der Waals surface area contributed by atoms with Crippen molar-refractivity contribution in [1.82, 2.24) is 15.0 Å². The summed E-state index contributed by atoms with van der Waals surface area (Å²) in [6, 6.07) is 3.09. The van der Waals surface area contributed by atoms with Crippen LogP contribution in [0.5, 0.6) is 0 Å². The van der Waals surface area contributed by atoms with Crippen molar-refractivity contribution in [3.63, 3.8) is 0 Å². The van der Waals surface area contributed by atoms with E-state index in [4.69, 9.17) is 0 Å². The van der Waals surface area contributed by atoms with Gasteiger partial charge < -0.3 is 10.3 Å². The Balaban J connectivity index is 2.30. The van der Waals surface area contributed by atoms with Crippen molar-refractivity contribution in [3.05, 3.63) is 63.3 Å². The van der Waals surface area contributed by atoms with Crippen molar-refractivity contribution in [1.29, 1.82) is 0 Å². The Labute approximate surface area is 150 Å². The normalized spacial score (nSPS) is 10.9. The topological polar surface area (TPSA) is 70.7 Å². The van der Waals surface area contributed by atoms with Gasteiger partial charge in [-0.25, -0.2) is 9.37 Å². The summed E-state index contributed by atoms with van der Waals surface area (Å²) in [5.41, 5.74) is 1.17. The standard InChI is InChI=1S/C17H13BrF2N4O/c1-3-4-21-16-13(23-14(18)15(20)24-16)9-6-10-11(5-8(9)2)17(25)22-7-12(10)19/h3,5-7H,1,4H2,2H3,(H,21,24)(H,22,25). The molecule has 0 aliphatic carbocycles. The lowest BCUT2D eigenvalue weighted by Gasteiger charge is -2.13. The number of aromatic amines is 1. The maximum Gasteiger partial charge on any atom is 0.256 e. The van der Waals surface area contributed by atoms with Gasteiger partial charge in [0.2, 0.25) is 5.95 Å². The molecule has 0 spiro atoms. The Bertz CT molecular complexity index is 1050. The summed E-state index contributed by atoms with van der Waals surface area (Å²) in [6.07, 6.45) is 2.60. The number of fused-ring (bicyclic) bond motifs is 1. The highest BCUT2D eigenvalue weighted by atomic mass is 79.9. The summed E-state index contributed by atoms with van der Waals surface area (Å²) in [4.78, 5) is 22.3. The summed E-state index contributed by atoms with van der Waals surface area (Å²) in [5.74, 6) is -1.13. The highest BCUT2D eigenvalue weighted by molar-refractivity contribution is 9.10. The summed E-state index contributed by atoms with van der Waals surface area (Å²) >= 11 is 3.02. The smallest absolute Gasteiger partial charge is 0.256 e. The maximum atomic E-state index is 14.1. The zero-order chi connectivity index (χ0) is 18.1. The molecule has 2 aromatic heterocycles. The third-order valence-corrected chi connectivity index (χ3v) is 4.18. The largest absolute Gasteiger partial charge is 0.365 e. The lowest BCUT2D eigenvalue weighted by Crippen LogP contribution is -2.09. The molecule has 0 unspecified atom stereocenters. The third kappa shape index (κ3) is 3.17. The average molecular weight is 407 g/mol. The van der Waals surface area contributed by atoms with Crippen LogP contribution < -0.4 is 10.9 Å². The van der Waals surface area contributed by atoms with Gasteiger partial charge >= 0.3 is 0 Å². The van der Waals surface area contributed by atoms with Gasteiger partial charge in [-0.3, -0.25) is 4.79 Å². The highest BCUT2D eigenvalue weighted by Gasteiger charge is 2.17. The fraction of sp³-hybridized carbons (Fsp3) is 0.118. The van der Waals surface area contributed by atoms with Crippen LogP contribution in [0.15, 0.2) is 40.4 Å². The minimum absolute atomic E-state index is 0.0578. The number of hydrogen-bond acceptors (Lipinski definition) is 4. The molecular weight excluding hydrogens is 394 g/mol. The number of benzene rings is 1. The highest BCUT2D eigenvalue weighted by Crippen LogP contribution is 2.32. The number of rotatable bonds is 4. The zero-order valence-corrected chi connectivity index (χ0v) is 14.7. The lowest BCUT2D eigenvalue weighted by molar-refractivity contribution is 0.570. The summed E-state index contributed by atoms with van der Waals surface area (Å²) < 4.78 is 27.9. The number of halogens is 3. The fourth-order valence-corrected chi connectivity index (χ4v) is 2.77. The second-order valence-electron chi connectivity index (χ2n) is 5.35. The van der Waals surface area contributed by atoms with Crippen LogP contribution in [0.2, 0.25) is 0 Å². The second-order valence-corrected chi connectivity index (χ2v) is 6.10. The molecule has 5 nitrogen and oxygen atoms in total. The number of nitrogens with one attached hydrogen (secondary N) is 2. The van der Waals surface area contributed by atoms with Crippen molar-refractivity contribution in [3.8, 4) is 11.3 Å². The van der Waals surface area contributed by atoms with Crippen molar-refractivity contribution in [2.75, 3.05) is 11.9 Å². The van der Waals surface area contributed by atoms with E-state index in [0.29, 0.717) is 23.4 Å². The van der Waals surface area contributed by atoms with E-state index in [0.717, 1.165) is 6.20 Å². The first-order valence-electron chi connectivity index (χ1n) is 7.32. The summed E-state index contributed by atoms with van der Waals surface area (Å²) in [6.45, 7) is 5.71. The number of aryl methyl sites for hydroxylation is 1. The molecule has 3 rings (SSSR count). The van der Waals surface area contributed by atoms with E-state index < -0.39 is 11.8 Å². The Morgan fingerprint density at radius 1 is 1.32 bits per heavy atom. The van der Waals surface area contributed by atoms with E-state index >= 15 is 0 Å². The Morgan fingerprint density at radius 2 is 2.08 bits per heavy atom. The molecule has 0 bridgehead atoms. The van der Waals surface area contributed by atoms with Crippen LogP contribution in [-0.4, -0.2) is 21.5 Å². The molecule has 2 heterocycles. The van der Waals surface area contributed by atoms with Crippen molar-refractivity contribution in [2.45, 2.75) is 6.92 Å². The van der Waals surface area contributed by atoms with Gasteiger partial charge in [-0.05, 0) is 40.5 Å². The summed E-state index contributed by atoms with van der Waals surface area (Å²) in [5, 5.41) is 3.30. The number of hydrogen-bond donors (Lipinski definition) is 2. The van der Waals surface area contributed by atoms with Crippen molar-refractivity contribution >= 4 is 32.5 Å². The average Bonchev–Trinajstić information content (AvgIpc) is 2.59. The summed E-state index contributed by atoms with van der Waals surface area (Å²) in [7, 11) is 0. The molecule has 0 aliphatic rings. The first kappa shape index (κ1) is 17.2. The fourth-order valence-electron chi connectivity index (χ4n) is 2.51. The first-order chi connectivity index (χ1) is 11.9. The first-order valence-corrected chi connectivity index (χ1v) is 8.11. The molecule has 0 aliphatic heterocycles. The predicted molar refractivity (Wildman–Crippen MR) is 96.6 cm³/mol. The van der Waals surface area contributed by atoms with Crippen LogP contribution in [0.1, 0.15) is 5.56 Å². The molecule has 25 heavy (non-hydrogen) atoms. The molecule has 0 saturated heterocycles. The Kier molecular flexibility index (Phi) is 4.63. The SMILES string of the molecule is C=CCNc1nc(F)c(Br)nc1-c1cc2c(F)c[nH]c(=O)c2cc1C. The molecule has 0 radical (unpaired) electrons. The number of anilines is 1. The number of H-pyrrole nitrogens is 1. The van der Waals surface area contributed by atoms with Gasteiger partial charge in [0.25, 0.3) is 5.56 Å². The van der Waals surface area contributed by atoms with Gasteiger partial charge in [0, 0.05) is 23.7 Å².